The average Bonchev–Trinajstić information content (AvgIpc) is 2.51. The molecule has 0 bridgehead atoms. The Balaban J connectivity index is 2.32. The predicted octanol–water partition coefficient (Wildman–Crippen LogP) is 2.61. The summed E-state index contributed by atoms with van der Waals surface area (Å²) in [5, 5.41) is 10.2. The number of aromatic nitrogens is 4. The van der Waals surface area contributed by atoms with Gasteiger partial charge < -0.3 is 5.11 Å². The van der Waals surface area contributed by atoms with Crippen molar-refractivity contribution >= 4 is 0 Å². The molecule has 0 aliphatic heterocycles. The lowest BCUT2D eigenvalue weighted by atomic mass is 9.95. The van der Waals surface area contributed by atoms with Gasteiger partial charge in [-0.25, -0.2) is 19.9 Å². The van der Waals surface area contributed by atoms with Crippen LogP contribution >= 0.6 is 0 Å². The quantitative estimate of drug-likeness (QED) is 0.770. The normalized spacial score (nSPS) is 10.4. The molecule has 3 aromatic rings. The van der Waals surface area contributed by atoms with E-state index in [2.05, 4.69) is 19.9 Å². The zero-order valence-corrected chi connectivity index (χ0v) is 10.9. The Kier molecular flexibility index (Phi) is 3.09. The molecule has 0 unspecified atom stereocenters. The molecule has 2 heterocycles. The topological polar surface area (TPSA) is 71.8 Å². The maximum Gasteiger partial charge on any atom is 0.125 e. The van der Waals surface area contributed by atoms with E-state index in [9.17, 15) is 5.11 Å². The molecular formula is C15H12N4O. The van der Waals surface area contributed by atoms with Gasteiger partial charge in [0, 0.05) is 18.0 Å². The number of phenols is 1. The maximum absolute atomic E-state index is 10.2. The van der Waals surface area contributed by atoms with Crippen LogP contribution in [0.2, 0.25) is 0 Å². The van der Waals surface area contributed by atoms with E-state index < -0.39 is 0 Å². The lowest BCUT2D eigenvalue weighted by Crippen LogP contribution is -1.94. The first kappa shape index (κ1) is 12.2. The monoisotopic (exact) mass is 264 g/mol. The summed E-state index contributed by atoms with van der Waals surface area (Å²) in [5.74, 6) is 0.169. The number of hydrogen-bond donors (Lipinski definition) is 1. The van der Waals surface area contributed by atoms with Gasteiger partial charge in [0.05, 0.1) is 17.0 Å². The molecule has 20 heavy (non-hydrogen) atoms. The molecule has 2 aromatic heterocycles. The molecular weight excluding hydrogens is 252 g/mol. The minimum Gasteiger partial charge on any atom is -0.507 e. The molecule has 0 radical (unpaired) electrons. The third-order valence-electron chi connectivity index (χ3n) is 3.07. The molecule has 0 saturated carbocycles. The number of benzene rings is 1. The van der Waals surface area contributed by atoms with Gasteiger partial charge in [-0.2, -0.15) is 0 Å². The smallest absolute Gasteiger partial charge is 0.125 e. The molecule has 5 nitrogen and oxygen atoms in total. The van der Waals surface area contributed by atoms with Crippen LogP contribution in [0.25, 0.3) is 22.5 Å². The average molecular weight is 264 g/mol. The summed E-state index contributed by atoms with van der Waals surface area (Å²) in [6, 6.07) is 7.10. The second-order valence-electron chi connectivity index (χ2n) is 4.34. The van der Waals surface area contributed by atoms with Crippen molar-refractivity contribution in [3.05, 3.63) is 54.9 Å². The number of aromatic hydroxyl groups is 1. The first-order valence-corrected chi connectivity index (χ1v) is 6.12. The van der Waals surface area contributed by atoms with Crippen LogP contribution in [-0.2, 0) is 0 Å². The Morgan fingerprint density at radius 1 is 0.800 bits per heavy atom. The van der Waals surface area contributed by atoms with Gasteiger partial charge in [-0.05, 0) is 30.7 Å². The molecule has 5 heteroatoms. The molecule has 0 aliphatic rings. The minimum atomic E-state index is 0.169. The molecule has 0 amide bonds. The summed E-state index contributed by atoms with van der Waals surface area (Å²) in [5.41, 5.74) is 3.93. The Hall–Kier alpha value is -2.82. The molecule has 0 spiro atoms. The number of aryl methyl sites for hydroxylation is 1. The highest BCUT2D eigenvalue weighted by Gasteiger charge is 2.16. The van der Waals surface area contributed by atoms with Crippen molar-refractivity contribution < 1.29 is 5.11 Å². The van der Waals surface area contributed by atoms with Crippen LogP contribution in [-0.4, -0.2) is 25.0 Å². The highest BCUT2D eigenvalue weighted by Crippen LogP contribution is 2.38. The van der Waals surface area contributed by atoms with E-state index >= 15 is 0 Å². The molecule has 1 aromatic carbocycles. The third-order valence-corrected chi connectivity index (χ3v) is 3.07. The van der Waals surface area contributed by atoms with Gasteiger partial charge in [0.2, 0.25) is 0 Å². The Bertz CT molecular complexity index is 665. The Morgan fingerprint density at radius 3 is 1.95 bits per heavy atom. The van der Waals surface area contributed by atoms with Gasteiger partial charge in [-0.1, -0.05) is 6.07 Å². The fraction of sp³-hybridized carbons (Fsp3) is 0.0667. The fourth-order valence-corrected chi connectivity index (χ4v) is 2.16. The largest absolute Gasteiger partial charge is 0.507 e. The minimum absolute atomic E-state index is 0.169. The van der Waals surface area contributed by atoms with Crippen molar-refractivity contribution in [1.82, 2.24) is 19.9 Å². The van der Waals surface area contributed by atoms with Crippen molar-refractivity contribution in [2.24, 2.45) is 0 Å². The number of hydrogen-bond acceptors (Lipinski definition) is 5. The first-order valence-electron chi connectivity index (χ1n) is 6.12. The van der Waals surface area contributed by atoms with Crippen LogP contribution in [0.15, 0.2) is 49.3 Å². The standard InChI is InChI=1S/C15H12N4O/c1-10-2-3-13(20)15(12-5-7-17-9-19-12)14(10)11-4-6-16-8-18-11/h2-9,20H,1H3. The van der Waals surface area contributed by atoms with Crippen LogP contribution in [0.4, 0.5) is 0 Å². The molecule has 0 saturated heterocycles. The van der Waals surface area contributed by atoms with Crippen molar-refractivity contribution in [1.29, 1.82) is 0 Å². The van der Waals surface area contributed by atoms with E-state index in [0.29, 0.717) is 11.3 Å². The Morgan fingerprint density at radius 2 is 1.40 bits per heavy atom. The molecule has 0 aliphatic carbocycles. The summed E-state index contributed by atoms with van der Waals surface area (Å²) in [6.07, 6.45) is 6.27. The summed E-state index contributed by atoms with van der Waals surface area (Å²) in [6.45, 7) is 1.97. The number of nitrogens with zero attached hydrogens (tertiary/aromatic N) is 4. The van der Waals surface area contributed by atoms with E-state index in [0.717, 1.165) is 16.8 Å². The lowest BCUT2D eigenvalue weighted by molar-refractivity contribution is 0.477. The van der Waals surface area contributed by atoms with Crippen LogP contribution < -0.4 is 0 Å². The highest BCUT2D eigenvalue weighted by atomic mass is 16.3. The van der Waals surface area contributed by atoms with E-state index in [1.165, 1.54) is 12.7 Å². The van der Waals surface area contributed by atoms with E-state index in [1.54, 1.807) is 24.5 Å². The second kappa shape index (κ2) is 5.05. The molecule has 0 fully saturated rings. The number of rotatable bonds is 2. The van der Waals surface area contributed by atoms with Crippen molar-refractivity contribution in [2.45, 2.75) is 6.92 Å². The lowest BCUT2D eigenvalue weighted by Gasteiger charge is -2.13. The summed E-state index contributed by atoms with van der Waals surface area (Å²) in [7, 11) is 0. The van der Waals surface area contributed by atoms with Gasteiger partial charge in [0.1, 0.15) is 18.4 Å². The summed E-state index contributed by atoms with van der Waals surface area (Å²) >= 11 is 0. The SMILES string of the molecule is Cc1ccc(O)c(-c2ccncn2)c1-c1ccncn1. The predicted molar refractivity (Wildman–Crippen MR) is 74.9 cm³/mol. The van der Waals surface area contributed by atoms with Crippen LogP contribution in [0.5, 0.6) is 5.75 Å². The Labute approximate surface area is 116 Å². The van der Waals surface area contributed by atoms with Crippen molar-refractivity contribution in [3.63, 3.8) is 0 Å². The zero-order chi connectivity index (χ0) is 13.9. The molecule has 1 N–H and O–H groups in total. The molecule has 3 rings (SSSR count). The summed E-state index contributed by atoms with van der Waals surface area (Å²) < 4.78 is 0. The maximum atomic E-state index is 10.2. The zero-order valence-electron chi connectivity index (χ0n) is 10.9. The van der Waals surface area contributed by atoms with Crippen molar-refractivity contribution in [3.8, 4) is 28.3 Å². The first-order chi connectivity index (χ1) is 9.77. The highest BCUT2D eigenvalue weighted by molar-refractivity contribution is 5.86. The van der Waals surface area contributed by atoms with Gasteiger partial charge in [-0.15, -0.1) is 0 Å². The fourth-order valence-electron chi connectivity index (χ4n) is 2.16. The van der Waals surface area contributed by atoms with Crippen LogP contribution in [0.3, 0.4) is 0 Å². The van der Waals surface area contributed by atoms with Gasteiger partial charge in [-0.3, -0.25) is 0 Å². The van der Waals surface area contributed by atoms with Crippen LogP contribution in [0.1, 0.15) is 5.56 Å². The van der Waals surface area contributed by atoms with Gasteiger partial charge >= 0.3 is 0 Å². The third kappa shape index (κ3) is 2.09. The van der Waals surface area contributed by atoms with Gasteiger partial charge in [0.15, 0.2) is 0 Å². The van der Waals surface area contributed by atoms with E-state index in [1.807, 2.05) is 19.1 Å². The number of phenolic OH excluding ortho intramolecular Hbond substituents is 1. The van der Waals surface area contributed by atoms with E-state index in [4.69, 9.17) is 0 Å². The molecule has 0 atom stereocenters. The van der Waals surface area contributed by atoms with E-state index in [-0.39, 0.29) is 5.75 Å². The molecule has 98 valence electrons. The second-order valence-corrected chi connectivity index (χ2v) is 4.34. The summed E-state index contributed by atoms with van der Waals surface area (Å²) in [4.78, 5) is 16.3. The van der Waals surface area contributed by atoms with Crippen LogP contribution in [0, 0.1) is 6.92 Å². The van der Waals surface area contributed by atoms with Gasteiger partial charge in [0.25, 0.3) is 0 Å². The van der Waals surface area contributed by atoms with Crippen molar-refractivity contribution in [2.75, 3.05) is 0 Å².